The molecule has 0 aliphatic carbocycles. The molecule has 102 valence electrons. The van der Waals surface area contributed by atoms with E-state index in [-0.39, 0.29) is 23.7 Å². The molecule has 1 aromatic heterocycles. The van der Waals surface area contributed by atoms with Crippen LogP contribution in [0.4, 0.5) is 0 Å². The highest BCUT2D eigenvalue weighted by molar-refractivity contribution is 8.00. The molecule has 5 nitrogen and oxygen atoms in total. The topological polar surface area (TPSA) is 58.4 Å². The maximum absolute atomic E-state index is 12.1. The maximum Gasteiger partial charge on any atom is 0.235 e. The highest BCUT2D eigenvalue weighted by Crippen LogP contribution is 2.28. The van der Waals surface area contributed by atoms with Gasteiger partial charge in [-0.15, -0.1) is 0 Å². The number of hydrogen-bond donors (Lipinski definition) is 1. The van der Waals surface area contributed by atoms with E-state index in [2.05, 4.69) is 4.98 Å². The number of aliphatic hydroxyl groups is 1. The largest absolute Gasteiger partial charge is 0.390 e. The van der Waals surface area contributed by atoms with Crippen LogP contribution >= 0.6 is 11.8 Å². The van der Waals surface area contributed by atoms with Crippen molar-refractivity contribution in [2.24, 2.45) is 13.0 Å². The average Bonchev–Trinajstić information content (AvgIpc) is 2.65. The van der Waals surface area contributed by atoms with Gasteiger partial charge in [-0.3, -0.25) is 4.79 Å². The zero-order valence-corrected chi connectivity index (χ0v) is 12.4. The summed E-state index contributed by atoms with van der Waals surface area (Å²) in [6.45, 7) is 4.00. The lowest BCUT2D eigenvalue weighted by Gasteiger charge is -2.22. The Morgan fingerprint density at radius 2 is 2.17 bits per heavy atom. The molecule has 1 aromatic rings. The predicted molar refractivity (Wildman–Crippen MR) is 72.3 cm³/mol. The maximum atomic E-state index is 12.1. The van der Waals surface area contributed by atoms with Crippen LogP contribution in [0, 0.1) is 5.92 Å². The Labute approximate surface area is 112 Å². The van der Waals surface area contributed by atoms with Crippen LogP contribution in [0.15, 0.2) is 11.4 Å². The second-order valence-corrected chi connectivity index (χ2v) is 5.87. The Hall–Kier alpha value is -1.01. The van der Waals surface area contributed by atoms with Crippen molar-refractivity contribution < 1.29 is 9.90 Å². The molecular weight excluding hydrogens is 250 g/mol. The van der Waals surface area contributed by atoms with E-state index in [0.717, 1.165) is 10.9 Å². The van der Waals surface area contributed by atoms with Crippen LogP contribution in [0.1, 0.15) is 19.5 Å². The van der Waals surface area contributed by atoms with Gasteiger partial charge in [-0.2, -0.15) is 0 Å². The van der Waals surface area contributed by atoms with Crippen LogP contribution in [0.25, 0.3) is 0 Å². The summed E-state index contributed by atoms with van der Waals surface area (Å²) in [5.41, 5.74) is 0.748. The van der Waals surface area contributed by atoms with Crippen LogP contribution in [0.2, 0.25) is 0 Å². The fourth-order valence-corrected chi connectivity index (χ4v) is 2.72. The van der Waals surface area contributed by atoms with E-state index in [1.165, 1.54) is 11.8 Å². The second kappa shape index (κ2) is 6.24. The van der Waals surface area contributed by atoms with E-state index in [4.69, 9.17) is 5.11 Å². The first-order valence-electron chi connectivity index (χ1n) is 5.87. The van der Waals surface area contributed by atoms with Gasteiger partial charge < -0.3 is 14.6 Å². The summed E-state index contributed by atoms with van der Waals surface area (Å²) in [5.74, 6) is 0.308. The smallest absolute Gasteiger partial charge is 0.235 e. The standard InChI is InChI=1S/C12H21N3O2S/c1-8(2)10(11(17)14(3)4)18-12-13-6-9(7-16)15(12)5/h6,8,10,16H,7H2,1-5H3. The number of aliphatic hydroxyl groups excluding tert-OH is 1. The van der Waals surface area contributed by atoms with E-state index in [9.17, 15) is 4.79 Å². The lowest BCUT2D eigenvalue weighted by Crippen LogP contribution is -2.35. The minimum Gasteiger partial charge on any atom is -0.390 e. The lowest BCUT2D eigenvalue weighted by molar-refractivity contribution is -0.128. The Morgan fingerprint density at radius 1 is 1.56 bits per heavy atom. The monoisotopic (exact) mass is 271 g/mol. The number of thioether (sulfide) groups is 1. The summed E-state index contributed by atoms with van der Waals surface area (Å²) in [5, 5.41) is 9.72. The quantitative estimate of drug-likeness (QED) is 0.815. The van der Waals surface area contributed by atoms with Crippen LogP contribution in [-0.4, -0.2) is 44.8 Å². The number of nitrogens with zero attached hydrogens (tertiary/aromatic N) is 3. The van der Waals surface area contributed by atoms with Gasteiger partial charge in [-0.05, 0) is 5.92 Å². The Morgan fingerprint density at radius 3 is 2.56 bits per heavy atom. The summed E-state index contributed by atoms with van der Waals surface area (Å²) in [4.78, 5) is 17.9. The molecule has 0 fully saturated rings. The molecule has 0 spiro atoms. The van der Waals surface area contributed by atoms with Gasteiger partial charge in [-0.25, -0.2) is 4.98 Å². The summed E-state index contributed by atoms with van der Waals surface area (Å²) in [6, 6.07) is 0. The molecule has 0 aliphatic rings. The van der Waals surface area contributed by atoms with Crippen molar-refractivity contribution in [3.8, 4) is 0 Å². The molecule has 1 heterocycles. The third kappa shape index (κ3) is 3.26. The van der Waals surface area contributed by atoms with Crippen LogP contribution in [0.5, 0.6) is 0 Å². The molecule has 6 heteroatoms. The molecule has 1 N–H and O–H groups in total. The van der Waals surface area contributed by atoms with E-state index in [1.54, 1.807) is 25.2 Å². The Kier molecular flexibility index (Phi) is 5.22. The van der Waals surface area contributed by atoms with E-state index < -0.39 is 0 Å². The summed E-state index contributed by atoms with van der Waals surface area (Å²) in [6.07, 6.45) is 1.64. The van der Waals surface area contributed by atoms with Gasteiger partial charge in [0.1, 0.15) is 0 Å². The number of rotatable bonds is 5. The van der Waals surface area contributed by atoms with Crippen molar-refractivity contribution >= 4 is 17.7 Å². The highest BCUT2D eigenvalue weighted by Gasteiger charge is 2.26. The first kappa shape index (κ1) is 15.0. The SMILES string of the molecule is CC(C)C(Sc1ncc(CO)n1C)C(=O)N(C)C. The molecule has 0 saturated carbocycles. The predicted octanol–water partition coefficient (Wildman–Crippen LogP) is 1.12. The van der Waals surface area contributed by atoms with Crippen molar-refractivity contribution in [1.29, 1.82) is 0 Å². The fraction of sp³-hybridized carbons (Fsp3) is 0.667. The van der Waals surface area contributed by atoms with Crippen LogP contribution in [-0.2, 0) is 18.4 Å². The highest BCUT2D eigenvalue weighted by atomic mass is 32.2. The van der Waals surface area contributed by atoms with Gasteiger partial charge >= 0.3 is 0 Å². The van der Waals surface area contributed by atoms with Crippen molar-refractivity contribution in [3.63, 3.8) is 0 Å². The van der Waals surface area contributed by atoms with Gasteiger partial charge in [0, 0.05) is 21.1 Å². The molecular formula is C12H21N3O2S. The molecule has 0 radical (unpaired) electrons. The van der Waals surface area contributed by atoms with Gasteiger partial charge in [0.15, 0.2) is 5.16 Å². The Bertz CT molecular complexity index is 415. The molecule has 1 unspecified atom stereocenters. The number of carbonyl (C=O) groups excluding carboxylic acids is 1. The summed E-state index contributed by atoms with van der Waals surface area (Å²) >= 11 is 1.45. The van der Waals surface area contributed by atoms with E-state index >= 15 is 0 Å². The minimum absolute atomic E-state index is 0.0436. The molecule has 0 aliphatic heterocycles. The number of carbonyl (C=O) groups is 1. The third-order valence-corrected chi connectivity index (χ3v) is 4.32. The number of amides is 1. The molecule has 0 bridgehead atoms. The number of aromatic nitrogens is 2. The minimum atomic E-state index is -0.160. The third-order valence-electron chi connectivity index (χ3n) is 2.73. The van der Waals surface area contributed by atoms with Crippen LogP contribution in [0.3, 0.4) is 0 Å². The molecule has 1 amide bonds. The molecule has 18 heavy (non-hydrogen) atoms. The second-order valence-electron chi connectivity index (χ2n) is 4.76. The van der Waals surface area contributed by atoms with E-state index in [1.807, 2.05) is 25.5 Å². The fourth-order valence-electron chi connectivity index (χ4n) is 1.52. The summed E-state index contributed by atoms with van der Waals surface area (Å²) < 4.78 is 1.82. The first-order valence-corrected chi connectivity index (χ1v) is 6.75. The van der Waals surface area contributed by atoms with Gasteiger partial charge in [0.2, 0.25) is 5.91 Å². The van der Waals surface area contributed by atoms with Gasteiger partial charge in [0.25, 0.3) is 0 Å². The molecule has 1 rings (SSSR count). The first-order chi connectivity index (χ1) is 8.38. The lowest BCUT2D eigenvalue weighted by atomic mass is 10.1. The summed E-state index contributed by atoms with van der Waals surface area (Å²) in [7, 11) is 5.37. The van der Waals surface area contributed by atoms with Crippen molar-refractivity contribution in [1.82, 2.24) is 14.5 Å². The zero-order valence-electron chi connectivity index (χ0n) is 11.5. The molecule has 1 atom stereocenters. The Balaban J connectivity index is 2.90. The van der Waals surface area contributed by atoms with Crippen LogP contribution < -0.4 is 0 Å². The zero-order chi connectivity index (χ0) is 13.9. The van der Waals surface area contributed by atoms with E-state index in [0.29, 0.717) is 0 Å². The van der Waals surface area contributed by atoms with Gasteiger partial charge in [0.05, 0.1) is 23.7 Å². The number of hydrogen-bond acceptors (Lipinski definition) is 4. The normalized spacial score (nSPS) is 12.8. The van der Waals surface area contributed by atoms with Crippen molar-refractivity contribution in [2.75, 3.05) is 14.1 Å². The van der Waals surface area contributed by atoms with Crippen molar-refractivity contribution in [2.45, 2.75) is 30.9 Å². The van der Waals surface area contributed by atoms with Crippen molar-refractivity contribution in [3.05, 3.63) is 11.9 Å². The average molecular weight is 271 g/mol. The molecule has 0 aromatic carbocycles. The number of imidazole rings is 1. The molecule has 0 saturated heterocycles. The van der Waals surface area contributed by atoms with Gasteiger partial charge in [-0.1, -0.05) is 25.6 Å².